The maximum atomic E-state index is 10.7. The zero-order valence-electron chi connectivity index (χ0n) is 12.3. The number of piperidine rings is 1. The van der Waals surface area contributed by atoms with Crippen molar-refractivity contribution < 1.29 is 9.90 Å². The molecule has 0 bridgehead atoms. The Hall–Kier alpha value is -1.43. The lowest BCUT2D eigenvalue weighted by Crippen LogP contribution is -2.36. The number of carboxylic acid groups (broad SMARTS) is 1. The monoisotopic (exact) mass is 280 g/mol. The molecule has 2 rings (SSSR count). The van der Waals surface area contributed by atoms with Gasteiger partial charge in [0, 0.05) is 19.0 Å². The first-order valence-corrected chi connectivity index (χ1v) is 7.38. The second-order valence-electron chi connectivity index (χ2n) is 5.89. The van der Waals surface area contributed by atoms with Crippen LogP contribution in [0.5, 0.6) is 0 Å². The van der Waals surface area contributed by atoms with Crippen LogP contribution >= 0.6 is 0 Å². The second-order valence-corrected chi connectivity index (χ2v) is 5.89. The summed E-state index contributed by atoms with van der Waals surface area (Å²) in [6.45, 7) is 7.04. The Morgan fingerprint density at radius 3 is 3.05 bits per heavy atom. The minimum Gasteiger partial charge on any atom is -0.481 e. The van der Waals surface area contributed by atoms with Crippen LogP contribution in [0.2, 0.25) is 0 Å². The van der Waals surface area contributed by atoms with Crippen molar-refractivity contribution >= 4 is 5.97 Å². The van der Waals surface area contributed by atoms with E-state index in [1.807, 2.05) is 4.68 Å². The number of nitrogens with zero attached hydrogens (tertiary/aromatic N) is 4. The normalized spacial score (nSPS) is 20.4. The third-order valence-corrected chi connectivity index (χ3v) is 3.87. The van der Waals surface area contributed by atoms with Crippen molar-refractivity contribution in [3.63, 3.8) is 0 Å². The van der Waals surface area contributed by atoms with E-state index in [9.17, 15) is 4.79 Å². The molecular formula is C14H24N4O2. The van der Waals surface area contributed by atoms with Crippen LogP contribution in [-0.2, 0) is 11.3 Å². The molecule has 6 heteroatoms. The predicted octanol–water partition coefficient (Wildman–Crippen LogP) is 1.94. The number of rotatable bonds is 6. The van der Waals surface area contributed by atoms with E-state index in [0.717, 1.165) is 44.7 Å². The van der Waals surface area contributed by atoms with Crippen LogP contribution < -0.4 is 0 Å². The fourth-order valence-electron chi connectivity index (χ4n) is 2.88. The SMILES string of the molecule is CC(C)n1ncnc1CN1CCCC(CCC(=O)O)C1. The average Bonchev–Trinajstić information content (AvgIpc) is 2.85. The minimum atomic E-state index is -0.693. The zero-order valence-corrected chi connectivity index (χ0v) is 12.3. The van der Waals surface area contributed by atoms with Crippen molar-refractivity contribution in [2.24, 2.45) is 5.92 Å². The Morgan fingerprint density at radius 1 is 1.55 bits per heavy atom. The summed E-state index contributed by atoms with van der Waals surface area (Å²) >= 11 is 0. The van der Waals surface area contributed by atoms with Gasteiger partial charge < -0.3 is 5.11 Å². The summed E-state index contributed by atoms with van der Waals surface area (Å²) in [5, 5.41) is 13.0. The first-order chi connectivity index (χ1) is 9.56. The molecule has 0 saturated carbocycles. The highest BCUT2D eigenvalue weighted by Gasteiger charge is 2.22. The van der Waals surface area contributed by atoms with Gasteiger partial charge in [-0.15, -0.1) is 0 Å². The summed E-state index contributed by atoms with van der Waals surface area (Å²) < 4.78 is 1.96. The minimum absolute atomic E-state index is 0.278. The summed E-state index contributed by atoms with van der Waals surface area (Å²) in [5.41, 5.74) is 0. The number of carbonyl (C=O) groups is 1. The Balaban J connectivity index is 1.89. The molecule has 1 aliphatic rings. The van der Waals surface area contributed by atoms with Gasteiger partial charge in [0.25, 0.3) is 0 Å². The molecule has 1 saturated heterocycles. The molecule has 0 aliphatic carbocycles. The lowest BCUT2D eigenvalue weighted by Gasteiger charge is -2.32. The molecule has 6 nitrogen and oxygen atoms in total. The molecule has 0 spiro atoms. The lowest BCUT2D eigenvalue weighted by atomic mass is 9.93. The van der Waals surface area contributed by atoms with Gasteiger partial charge >= 0.3 is 5.97 Å². The molecular weight excluding hydrogens is 256 g/mol. The predicted molar refractivity (Wildman–Crippen MR) is 75.3 cm³/mol. The lowest BCUT2D eigenvalue weighted by molar-refractivity contribution is -0.137. The Kier molecular flexibility index (Phi) is 5.11. The number of carboxylic acids is 1. The Bertz CT molecular complexity index is 444. The highest BCUT2D eigenvalue weighted by atomic mass is 16.4. The summed E-state index contributed by atoms with van der Waals surface area (Å²) in [5.74, 6) is 0.802. The smallest absolute Gasteiger partial charge is 0.303 e. The van der Waals surface area contributed by atoms with Gasteiger partial charge in [0.05, 0.1) is 6.54 Å². The van der Waals surface area contributed by atoms with Crippen LogP contribution in [0.25, 0.3) is 0 Å². The van der Waals surface area contributed by atoms with E-state index < -0.39 is 5.97 Å². The molecule has 0 radical (unpaired) electrons. The summed E-state index contributed by atoms with van der Waals surface area (Å²) in [7, 11) is 0. The number of hydrogen-bond donors (Lipinski definition) is 1. The Labute approximate surface area is 119 Å². The van der Waals surface area contributed by atoms with Crippen LogP contribution in [0.15, 0.2) is 6.33 Å². The Morgan fingerprint density at radius 2 is 2.35 bits per heavy atom. The van der Waals surface area contributed by atoms with Gasteiger partial charge in [-0.1, -0.05) is 0 Å². The van der Waals surface area contributed by atoms with E-state index in [2.05, 4.69) is 28.8 Å². The van der Waals surface area contributed by atoms with Crippen LogP contribution in [0, 0.1) is 5.92 Å². The number of hydrogen-bond acceptors (Lipinski definition) is 4. The number of aromatic nitrogens is 3. The molecule has 2 heterocycles. The van der Waals surface area contributed by atoms with Crippen LogP contribution in [0.1, 0.15) is 51.4 Å². The zero-order chi connectivity index (χ0) is 14.5. The maximum Gasteiger partial charge on any atom is 0.303 e. The fraction of sp³-hybridized carbons (Fsp3) is 0.786. The molecule has 1 aliphatic heterocycles. The van der Waals surface area contributed by atoms with E-state index in [-0.39, 0.29) is 6.42 Å². The highest BCUT2D eigenvalue weighted by Crippen LogP contribution is 2.22. The highest BCUT2D eigenvalue weighted by molar-refractivity contribution is 5.66. The molecule has 1 atom stereocenters. The van der Waals surface area contributed by atoms with Crippen molar-refractivity contribution in [1.82, 2.24) is 19.7 Å². The average molecular weight is 280 g/mol. The molecule has 1 fully saturated rings. The second kappa shape index (κ2) is 6.83. The topological polar surface area (TPSA) is 71.2 Å². The first-order valence-electron chi connectivity index (χ1n) is 7.38. The van der Waals surface area contributed by atoms with Crippen molar-refractivity contribution in [3.8, 4) is 0 Å². The molecule has 20 heavy (non-hydrogen) atoms. The van der Waals surface area contributed by atoms with Gasteiger partial charge in [0.2, 0.25) is 0 Å². The maximum absolute atomic E-state index is 10.7. The van der Waals surface area contributed by atoms with E-state index in [4.69, 9.17) is 5.11 Å². The molecule has 1 unspecified atom stereocenters. The number of likely N-dealkylation sites (tertiary alicyclic amines) is 1. The molecule has 0 aromatic carbocycles. The summed E-state index contributed by atoms with van der Waals surface area (Å²) in [6, 6.07) is 0.320. The largest absolute Gasteiger partial charge is 0.481 e. The van der Waals surface area contributed by atoms with E-state index >= 15 is 0 Å². The van der Waals surface area contributed by atoms with Crippen molar-refractivity contribution in [2.75, 3.05) is 13.1 Å². The van der Waals surface area contributed by atoms with Gasteiger partial charge in [-0.2, -0.15) is 5.10 Å². The van der Waals surface area contributed by atoms with E-state index in [1.54, 1.807) is 6.33 Å². The van der Waals surface area contributed by atoms with Crippen molar-refractivity contribution in [2.45, 2.75) is 52.1 Å². The molecule has 1 aromatic rings. The van der Waals surface area contributed by atoms with Crippen LogP contribution in [0.4, 0.5) is 0 Å². The fourth-order valence-corrected chi connectivity index (χ4v) is 2.88. The van der Waals surface area contributed by atoms with Crippen molar-refractivity contribution in [1.29, 1.82) is 0 Å². The standard InChI is InChI=1S/C14H24N4O2/c1-11(2)18-13(15-10-16-18)9-17-7-3-4-12(8-17)5-6-14(19)20/h10-12H,3-9H2,1-2H3,(H,19,20). The summed E-state index contributed by atoms with van der Waals surface area (Å²) in [4.78, 5) is 17.4. The van der Waals surface area contributed by atoms with Gasteiger partial charge in [0.15, 0.2) is 0 Å². The first kappa shape index (κ1) is 15.0. The third kappa shape index (κ3) is 4.03. The molecule has 1 aromatic heterocycles. The molecule has 0 amide bonds. The molecule has 112 valence electrons. The third-order valence-electron chi connectivity index (χ3n) is 3.87. The number of aliphatic carboxylic acids is 1. The molecule has 1 N–H and O–H groups in total. The summed E-state index contributed by atoms with van der Waals surface area (Å²) in [6.07, 6.45) is 4.95. The van der Waals surface area contributed by atoms with Gasteiger partial charge in [-0.25, -0.2) is 9.67 Å². The van der Waals surface area contributed by atoms with Crippen LogP contribution in [0.3, 0.4) is 0 Å². The van der Waals surface area contributed by atoms with E-state index in [1.165, 1.54) is 0 Å². The van der Waals surface area contributed by atoms with Crippen LogP contribution in [-0.4, -0.2) is 43.8 Å². The van der Waals surface area contributed by atoms with Crippen molar-refractivity contribution in [3.05, 3.63) is 12.2 Å². The van der Waals surface area contributed by atoms with Gasteiger partial charge in [0.1, 0.15) is 12.2 Å². The van der Waals surface area contributed by atoms with E-state index in [0.29, 0.717) is 12.0 Å². The van der Waals surface area contributed by atoms with Gasteiger partial charge in [-0.3, -0.25) is 9.69 Å². The quantitative estimate of drug-likeness (QED) is 0.862. The van der Waals surface area contributed by atoms with Gasteiger partial charge in [-0.05, 0) is 45.6 Å².